The molecule has 1 amide bonds. The Balaban J connectivity index is 1.91. The van der Waals surface area contributed by atoms with E-state index in [0.717, 1.165) is 32.0 Å². The molecule has 6 heteroatoms. The molecule has 1 atom stereocenters. The van der Waals surface area contributed by atoms with Crippen molar-refractivity contribution in [3.63, 3.8) is 0 Å². The van der Waals surface area contributed by atoms with Gasteiger partial charge in [-0.25, -0.2) is 9.79 Å². The first-order valence-electron chi connectivity index (χ1n) is 8.94. The van der Waals surface area contributed by atoms with E-state index < -0.39 is 5.60 Å². The minimum atomic E-state index is -0.478. The number of ether oxygens (including phenoxy) is 1. The smallest absolute Gasteiger partial charge is 0.407 e. The van der Waals surface area contributed by atoms with E-state index in [1.807, 2.05) is 39.0 Å². The molecule has 0 aromatic heterocycles. The van der Waals surface area contributed by atoms with E-state index in [0.29, 0.717) is 6.54 Å². The number of nitrogens with zero attached hydrogens (tertiary/aromatic N) is 2. The maximum absolute atomic E-state index is 11.9. The van der Waals surface area contributed by atoms with Crippen LogP contribution in [0.5, 0.6) is 0 Å². The summed E-state index contributed by atoms with van der Waals surface area (Å²) in [5.41, 5.74) is 0.703. The molecule has 138 valence electrons. The highest BCUT2D eigenvalue weighted by Crippen LogP contribution is 2.12. The second-order valence-corrected chi connectivity index (χ2v) is 7.23. The number of hydrogen-bond acceptors (Lipinski definition) is 3. The first kappa shape index (κ1) is 19.1. The SMILES string of the molecule is CCNC(=NCc1ccccc1)N1CCC(NC(=O)OC(C)(C)C)C1. The third kappa shape index (κ3) is 6.64. The molecule has 25 heavy (non-hydrogen) atoms. The van der Waals surface area contributed by atoms with Gasteiger partial charge in [0.1, 0.15) is 5.60 Å². The molecule has 1 fully saturated rings. The third-order valence-corrected chi connectivity index (χ3v) is 3.80. The van der Waals surface area contributed by atoms with Gasteiger partial charge in [0.2, 0.25) is 0 Å². The summed E-state index contributed by atoms with van der Waals surface area (Å²) in [5.74, 6) is 0.889. The highest BCUT2D eigenvalue weighted by molar-refractivity contribution is 5.80. The molecule has 1 unspecified atom stereocenters. The van der Waals surface area contributed by atoms with Gasteiger partial charge in [0.05, 0.1) is 12.6 Å². The number of aliphatic imine (C=N–C) groups is 1. The van der Waals surface area contributed by atoms with Crippen molar-refractivity contribution in [2.24, 2.45) is 4.99 Å². The summed E-state index contributed by atoms with van der Waals surface area (Å²) in [6.45, 7) is 10.7. The third-order valence-electron chi connectivity index (χ3n) is 3.80. The standard InChI is InChI=1S/C19H30N4O2/c1-5-20-17(21-13-15-9-7-6-8-10-15)23-12-11-16(14-23)22-18(24)25-19(2,3)4/h6-10,16H,5,11-14H2,1-4H3,(H,20,21)(H,22,24). The first-order valence-corrected chi connectivity index (χ1v) is 8.94. The molecule has 1 aromatic rings. The first-order chi connectivity index (χ1) is 11.9. The largest absolute Gasteiger partial charge is 0.444 e. The molecule has 0 saturated carbocycles. The molecule has 1 saturated heterocycles. The number of amides is 1. The summed E-state index contributed by atoms with van der Waals surface area (Å²) in [6, 6.07) is 10.3. The average Bonchev–Trinajstić information content (AvgIpc) is 2.98. The van der Waals surface area contributed by atoms with Gasteiger partial charge < -0.3 is 20.3 Å². The molecule has 6 nitrogen and oxygen atoms in total. The number of carbonyl (C=O) groups is 1. The van der Waals surface area contributed by atoms with Crippen LogP contribution in [0.2, 0.25) is 0 Å². The lowest BCUT2D eigenvalue weighted by Crippen LogP contribution is -2.44. The Morgan fingerprint density at radius 2 is 2.04 bits per heavy atom. The summed E-state index contributed by atoms with van der Waals surface area (Å²) < 4.78 is 5.33. The molecule has 0 radical (unpaired) electrons. The molecule has 1 aliphatic heterocycles. The zero-order chi connectivity index (χ0) is 18.3. The van der Waals surface area contributed by atoms with Gasteiger partial charge in [-0.05, 0) is 39.7 Å². The highest BCUT2D eigenvalue weighted by Gasteiger charge is 2.27. The molecular weight excluding hydrogens is 316 g/mol. The van der Waals surface area contributed by atoms with Gasteiger partial charge in [-0.15, -0.1) is 0 Å². The van der Waals surface area contributed by atoms with Crippen LogP contribution in [0.25, 0.3) is 0 Å². The summed E-state index contributed by atoms with van der Waals surface area (Å²) >= 11 is 0. The van der Waals surface area contributed by atoms with E-state index in [4.69, 9.17) is 9.73 Å². The lowest BCUT2D eigenvalue weighted by atomic mass is 10.2. The van der Waals surface area contributed by atoms with Crippen molar-refractivity contribution < 1.29 is 9.53 Å². The highest BCUT2D eigenvalue weighted by atomic mass is 16.6. The zero-order valence-electron chi connectivity index (χ0n) is 15.7. The number of alkyl carbamates (subject to hydrolysis) is 1. The Kier molecular flexibility index (Phi) is 6.67. The van der Waals surface area contributed by atoms with Crippen molar-refractivity contribution in [3.05, 3.63) is 35.9 Å². The minimum Gasteiger partial charge on any atom is -0.444 e. The molecule has 1 aromatic carbocycles. The van der Waals surface area contributed by atoms with E-state index in [2.05, 4.69) is 34.6 Å². The monoisotopic (exact) mass is 346 g/mol. The quantitative estimate of drug-likeness (QED) is 0.650. The lowest BCUT2D eigenvalue weighted by Gasteiger charge is -2.23. The van der Waals surface area contributed by atoms with E-state index in [1.165, 1.54) is 5.56 Å². The molecule has 1 aliphatic rings. The fourth-order valence-electron chi connectivity index (χ4n) is 2.72. The van der Waals surface area contributed by atoms with Gasteiger partial charge >= 0.3 is 6.09 Å². The second-order valence-electron chi connectivity index (χ2n) is 7.23. The number of likely N-dealkylation sites (tertiary alicyclic amines) is 1. The Bertz CT molecular complexity index is 581. The van der Waals surface area contributed by atoms with Crippen LogP contribution in [0.1, 0.15) is 39.7 Å². The normalized spacial score (nSPS) is 18.2. The fourth-order valence-corrected chi connectivity index (χ4v) is 2.72. The van der Waals surface area contributed by atoms with Crippen LogP contribution in [0.4, 0.5) is 4.79 Å². The topological polar surface area (TPSA) is 66.0 Å². The Hall–Kier alpha value is -2.24. The van der Waals surface area contributed by atoms with Gasteiger partial charge in [0.25, 0.3) is 0 Å². The van der Waals surface area contributed by atoms with Gasteiger partial charge in [-0.3, -0.25) is 0 Å². The number of hydrogen-bond donors (Lipinski definition) is 2. The summed E-state index contributed by atoms with van der Waals surface area (Å²) in [6.07, 6.45) is 0.528. The Labute approximate surface area is 150 Å². The lowest BCUT2D eigenvalue weighted by molar-refractivity contribution is 0.0507. The molecule has 0 bridgehead atoms. The van der Waals surface area contributed by atoms with E-state index >= 15 is 0 Å². The van der Waals surface area contributed by atoms with Crippen LogP contribution < -0.4 is 10.6 Å². The molecular formula is C19H30N4O2. The van der Waals surface area contributed by atoms with Crippen molar-refractivity contribution >= 4 is 12.1 Å². The molecule has 0 aliphatic carbocycles. The van der Waals surface area contributed by atoms with Crippen molar-refractivity contribution in [1.82, 2.24) is 15.5 Å². The maximum atomic E-state index is 11.9. The zero-order valence-corrected chi connectivity index (χ0v) is 15.7. The van der Waals surface area contributed by atoms with Gasteiger partial charge in [-0.1, -0.05) is 30.3 Å². The van der Waals surface area contributed by atoms with Gasteiger partial charge in [0.15, 0.2) is 5.96 Å². The van der Waals surface area contributed by atoms with Crippen LogP contribution in [0.3, 0.4) is 0 Å². The van der Waals surface area contributed by atoms with Crippen LogP contribution >= 0.6 is 0 Å². The average molecular weight is 346 g/mol. The predicted molar refractivity (Wildman–Crippen MR) is 101 cm³/mol. The molecule has 2 rings (SSSR count). The fraction of sp³-hybridized carbons (Fsp3) is 0.579. The molecule has 1 heterocycles. The number of guanidine groups is 1. The van der Waals surface area contributed by atoms with Crippen molar-refractivity contribution in [1.29, 1.82) is 0 Å². The van der Waals surface area contributed by atoms with E-state index in [9.17, 15) is 4.79 Å². The Morgan fingerprint density at radius 3 is 2.68 bits per heavy atom. The number of nitrogens with one attached hydrogen (secondary N) is 2. The van der Waals surface area contributed by atoms with Gasteiger partial charge in [-0.2, -0.15) is 0 Å². The number of rotatable bonds is 4. The summed E-state index contributed by atoms with van der Waals surface area (Å²) in [7, 11) is 0. The maximum Gasteiger partial charge on any atom is 0.407 e. The predicted octanol–water partition coefficient (Wildman–Crippen LogP) is 2.75. The minimum absolute atomic E-state index is 0.0791. The van der Waals surface area contributed by atoms with Crippen LogP contribution in [-0.4, -0.2) is 48.2 Å². The van der Waals surface area contributed by atoms with Gasteiger partial charge in [0, 0.05) is 19.6 Å². The molecule has 0 spiro atoms. The second kappa shape index (κ2) is 8.74. The summed E-state index contributed by atoms with van der Waals surface area (Å²) in [5, 5.41) is 6.29. The van der Waals surface area contributed by atoms with E-state index in [1.54, 1.807) is 0 Å². The number of carbonyl (C=O) groups excluding carboxylic acids is 1. The van der Waals surface area contributed by atoms with Crippen LogP contribution in [-0.2, 0) is 11.3 Å². The van der Waals surface area contributed by atoms with Crippen molar-refractivity contribution in [2.45, 2.75) is 52.3 Å². The van der Waals surface area contributed by atoms with Crippen molar-refractivity contribution in [3.8, 4) is 0 Å². The molecule has 2 N–H and O–H groups in total. The Morgan fingerprint density at radius 1 is 1.32 bits per heavy atom. The van der Waals surface area contributed by atoms with E-state index in [-0.39, 0.29) is 12.1 Å². The summed E-state index contributed by atoms with van der Waals surface area (Å²) in [4.78, 5) is 18.8. The van der Waals surface area contributed by atoms with Crippen molar-refractivity contribution in [2.75, 3.05) is 19.6 Å². The van der Waals surface area contributed by atoms with Crippen LogP contribution in [0.15, 0.2) is 35.3 Å². The number of benzene rings is 1. The van der Waals surface area contributed by atoms with Crippen LogP contribution in [0, 0.1) is 0 Å².